The van der Waals surface area contributed by atoms with E-state index in [1.807, 2.05) is 73.1 Å². The predicted octanol–water partition coefficient (Wildman–Crippen LogP) is 6.65. The standard InChI is InChI=1S/C30H24N2O4/c1-19(33)31-13-11-21-17-23(27-5-3-15-35-27)7-9-25(21)29(31)30-26-10-8-24(28-6-4-16-36-28)18-22(26)12-14-32(30)20(2)34/h3-18,29-30H,1-2H3/t29-,30-/m0/s1. The first-order chi connectivity index (χ1) is 17.5. The first-order valence-electron chi connectivity index (χ1n) is 11.8. The summed E-state index contributed by atoms with van der Waals surface area (Å²) >= 11 is 0. The number of nitrogens with zero attached hydrogens (tertiary/aromatic N) is 2. The largest absolute Gasteiger partial charge is 0.464 e. The van der Waals surface area contributed by atoms with Crippen LogP contribution in [0.15, 0.2) is 94.4 Å². The molecule has 0 aliphatic carbocycles. The van der Waals surface area contributed by atoms with Gasteiger partial charge in [0.05, 0.1) is 24.6 Å². The summed E-state index contributed by atoms with van der Waals surface area (Å²) in [4.78, 5) is 29.1. The Labute approximate surface area is 208 Å². The zero-order valence-electron chi connectivity index (χ0n) is 19.9. The Balaban J connectivity index is 1.51. The molecule has 0 N–H and O–H groups in total. The fraction of sp³-hybridized carbons (Fsp3) is 0.133. The van der Waals surface area contributed by atoms with Crippen LogP contribution in [0.1, 0.15) is 48.2 Å². The van der Waals surface area contributed by atoms with Gasteiger partial charge in [0.15, 0.2) is 0 Å². The SMILES string of the molecule is CC(=O)N1C=Cc2cc(-c3ccco3)ccc2[C@H]1[C@@H]1c2ccc(-c3ccco3)cc2C=CN1C(C)=O. The van der Waals surface area contributed by atoms with E-state index in [0.717, 1.165) is 44.9 Å². The molecule has 2 amide bonds. The minimum atomic E-state index is -0.407. The zero-order valence-corrected chi connectivity index (χ0v) is 19.9. The zero-order chi connectivity index (χ0) is 24.8. The average Bonchev–Trinajstić information content (AvgIpc) is 3.61. The van der Waals surface area contributed by atoms with E-state index in [9.17, 15) is 9.59 Å². The molecule has 0 saturated heterocycles. The molecule has 2 atom stereocenters. The number of carbonyl (C=O) groups excluding carboxylic acids is 2. The third-order valence-corrected chi connectivity index (χ3v) is 6.88. The normalized spacial score (nSPS) is 18.2. The van der Waals surface area contributed by atoms with E-state index in [2.05, 4.69) is 12.1 Å². The van der Waals surface area contributed by atoms with E-state index >= 15 is 0 Å². The molecule has 2 aliphatic heterocycles. The van der Waals surface area contributed by atoms with Crippen molar-refractivity contribution in [1.82, 2.24) is 9.80 Å². The highest BCUT2D eigenvalue weighted by Gasteiger charge is 2.40. The van der Waals surface area contributed by atoms with Gasteiger partial charge in [-0.25, -0.2) is 0 Å². The van der Waals surface area contributed by atoms with E-state index in [-0.39, 0.29) is 11.8 Å². The van der Waals surface area contributed by atoms with Crippen molar-refractivity contribution in [3.63, 3.8) is 0 Å². The van der Waals surface area contributed by atoms with Crippen LogP contribution in [0.25, 0.3) is 34.8 Å². The van der Waals surface area contributed by atoms with Crippen molar-refractivity contribution < 1.29 is 18.4 Å². The lowest BCUT2D eigenvalue weighted by Gasteiger charge is -2.44. The van der Waals surface area contributed by atoms with Gasteiger partial charge in [0, 0.05) is 37.4 Å². The summed E-state index contributed by atoms with van der Waals surface area (Å²) in [7, 11) is 0. The maximum Gasteiger partial charge on any atom is 0.224 e. The van der Waals surface area contributed by atoms with Crippen LogP contribution < -0.4 is 0 Å². The van der Waals surface area contributed by atoms with Gasteiger partial charge in [0.1, 0.15) is 11.5 Å². The van der Waals surface area contributed by atoms with Gasteiger partial charge in [-0.3, -0.25) is 9.59 Å². The quantitative estimate of drug-likeness (QED) is 0.332. The van der Waals surface area contributed by atoms with Gasteiger partial charge in [-0.05, 0) is 70.8 Å². The smallest absolute Gasteiger partial charge is 0.224 e. The fourth-order valence-electron chi connectivity index (χ4n) is 5.22. The van der Waals surface area contributed by atoms with E-state index in [1.165, 1.54) is 0 Å². The van der Waals surface area contributed by atoms with Gasteiger partial charge in [-0.1, -0.05) is 24.3 Å². The van der Waals surface area contributed by atoms with Gasteiger partial charge in [0.25, 0.3) is 0 Å². The van der Waals surface area contributed by atoms with Crippen LogP contribution in [0.3, 0.4) is 0 Å². The molecule has 2 aliphatic rings. The number of rotatable bonds is 3. The van der Waals surface area contributed by atoms with Crippen molar-refractivity contribution in [2.75, 3.05) is 0 Å². The Kier molecular flexibility index (Phi) is 5.22. The number of benzene rings is 2. The first kappa shape index (κ1) is 21.9. The van der Waals surface area contributed by atoms with E-state index in [0.29, 0.717) is 0 Å². The number of hydrogen-bond donors (Lipinski definition) is 0. The lowest BCUT2D eigenvalue weighted by atomic mass is 9.82. The van der Waals surface area contributed by atoms with Crippen molar-refractivity contribution in [2.24, 2.45) is 0 Å². The van der Waals surface area contributed by atoms with Gasteiger partial charge < -0.3 is 18.6 Å². The summed E-state index contributed by atoms with van der Waals surface area (Å²) < 4.78 is 11.2. The van der Waals surface area contributed by atoms with Crippen molar-refractivity contribution in [2.45, 2.75) is 25.9 Å². The summed E-state index contributed by atoms with van der Waals surface area (Å²) in [5, 5.41) is 0. The third kappa shape index (κ3) is 3.58. The van der Waals surface area contributed by atoms with Crippen LogP contribution in [0, 0.1) is 0 Å². The van der Waals surface area contributed by atoms with Crippen molar-refractivity contribution in [1.29, 1.82) is 0 Å². The molecule has 0 fully saturated rings. The maximum atomic E-state index is 12.8. The number of furan rings is 2. The number of amides is 2. The van der Waals surface area contributed by atoms with Gasteiger partial charge in [-0.15, -0.1) is 0 Å². The summed E-state index contributed by atoms with van der Waals surface area (Å²) in [6, 6.07) is 18.9. The molecule has 0 unspecified atom stereocenters. The molecule has 0 bridgehead atoms. The minimum absolute atomic E-state index is 0.0937. The van der Waals surface area contributed by atoms with Crippen molar-refractivity contribution >= 4 is 24.0 Å². The Morgan fingerprint density at radius 1 is 0.667 bits per heavy atom. The Bertz CT molecular complexity index is 1400. The van der Waals surface area contributed by atoms with Gasteiger partial charge in [-0.2, -0.15) is 0 Å². The van der Waals surface area contributed by atoms with Crippen LogP contribution in [-0.2, 0) is 9.59 Å². The van der Waals surface area contributed by atoms with Gasteiger partial charge in [0.2, 0.25) is 11.8 Å². The van der Waals surface area contributed by atoms with Crippen LogP contribution in [0.4, 0.5) is 0 Å². The molecule has 2 aromatic heterocycles. The van der Waals surface area contributed by atoms with Crippen molar-refractivity contribution in [3.8, 4) is 22.6 Å². The second-order valence-electron chi connectivity index (χ2n) is 9.02. The summed E-state index contributed by atoms with van der Waals surface area (Å²) in [5.74, 6) is 1.37. The summed E-state index contributed by atoms with van der Waals surface area (Å²) in [5.41, 5.74) is 5.81. The van der Waals surface area contributed by atoms with E-state index < -0.39 is 12.1 Å². The molecule has 4 aromatic rings. The molecule has 2 aromatic carbocycles. The molecular formula is C30H24N2O4. The molecule has 0 radical (unpaired) electrons. The maximum absolute atomic E-state index is 12.8. The summed E-state index contributed by atoms with van der Waals surface area (Å²) in [6.07, 6.45) is 10.8. The van der Waals surface area contributed by atoms with E-state index in [4.69, 9.17) is 8.83 Å². The lowest BCUT2D eigenvalue weighted by Crippen LogP contribution is -2.42. The van der Waals surface area contributed by atoms with E-state index in [1.54, 1.807) is 36.2 Å². The number of carbonyl (C=O) groups is 2. The van der Waals surface area contributed by atoms with Gasteiger partial charge >= 0.3 is 0 Å². The molecule has 36 heavy (non-hydrogen) atoms. The molecule has 6 rings (SSSR count). The highest BCUT2D eigenvalue weighted by atomic mass is 16.3. The van der Waals surface area contributed by atoms with Crippen LogP contribution in [0.5, 0.6) is 0 Å². The fourth-order valence-corrected chi connectivity index (χ4v) is 5.22. The highest BCUT2D eigenvalue weighted by Crippen LogP contribution is 2.47. The second-order valence-corrected chi connectivity index (χ2v) is 9.02. The van der Waals surface area contributed by atoms with Crippen LogP contribution in [0.2, 0.25) is 0 Å². The highest BCUT2D eigenvalue weighted by molar-refractivity contribution is 5.82. The topological polar surface area (TPSA) is 66.9 Å². The minimum Gasteiger partial charge on any atom is -0.464 e. The first-order valence-corrected chi connectivity index (χ1v) is 11.8. The van der Waals surface area contributed by atoms with Crippen molar-refractivity contribution in [3.05, 3.63) is 108 Å². The lowest BCUT2D eigenvalue weighted by molar-refractivity contribution is -0.134. The third-order valence-electron chi connectivity index (χ3n) is 6.88. The number of fused-ring (bicyclic) bond motifs is 2. The second kappa shape index (κ2) is 8.57. The predicted molar refractivity (Wildman–Crippen MR) is 137 cm³/mol. The molecule has 6 nitrogen and oxygen atoms in total. The molecule has 0 spiro atoms. The average molecular weight is 477 g/mol. The Hall–Kier alpha value is -4.58. The number of hydrogen-bond acceptors (Lipinski definition) is 4. The Morgan fingerprint density at radius 2 is 1.11 bits per heavy atom. The molecule has 6 heteroatoms. The molecule has 4 heterocycles. The molecule has 178 valence electrons. The summed E-state index contributed by atoms with van der Waals surface area (Å²) in [6.45, 7) is 3.11. The molecular weight excluding hydrogens is 452 g/mol. The molecule has 0 saturated carbocycles. The van der Waals surface area contributed by atoms with Crippen LogP contribution in [-0.4, -0.2) is 21.6 Å². The monoisotopic (exact) mass is 476 g/mol. The van der Waals surface area contributed by atoms with Crippen LogP contribution >= 0.6 is 0 Å². The Morgan fingerprint density at radius 3 is 1.47 bits per heavy atom.